The monoisotopic (exact) mass is 155 g/mol. The summed E-state index contributed by atoms with van der Waals surface area (Å²) in [6.45, 7) is 1.90. The van der Waals surface area contributed by atoms with Crippen molar-refractivity contribution < 1.29 is 0 Å². The number of amidine groups is 1. The van der Waals surface area contributed by atoms with E-state index in [4.69, 9.17) is 0 Å². The smallest absolute Gasteiger partial charge is 0.187 e. The molecule has 0 amide bonds. The van der Waals surface area contributed by atoms with Gasteiger partial charge in [-0.25, -0.2) is 4.98 Å². The molecule has 0 saturated heterocycles. The fourth-order valence-corrected chi connectivity index (χ4v) is 1.07. The second-order valence-electron chi connectivity index (χ2n) is 1.77. The van der Waals surface area contributed by atoms with E-state index in [0.29, 0.717) is 0 Å². The number of nitrogens with zero attached hydrogens (tertiary/aromatic N) is 2. The van der Waals surface area contributed by atoms with Gasteiger partial charge in [0.05, 0.1) is 5.84 Å². The van der Waals surface area contributed by atoms with E-state index in [-0.39, 0.29) is 0 Å². The first-order valence-corrected chi connectivity index (χ1v) is 3.81. The van der Waals surface area contributed by atoms with Crippen LogP contribution in [0.25, 0.3) is 0 Å². The van der Waals surface area contributed by atoms with Gasteiger partial charge < -0.3 is 5.32 Å². The zero-order chi connectivity index (χ0) is 7.40. The quantitative estimate of drug-likeness (QED) is 0.494. The molecule has 0 bridgehead atoms. The minimum Gasteiger partial charge on any atom is -0.320 e. The summed E-state index contributed by atoms with van der Waals surface area (Å²) in [6.07, 6.45) is 1.76. The highest BCUT2D eigenvalue weighted by molar-refractivity contribution is 7.13. The van der Waals surface area contributed by atoms with Gasteiger partial charge in [0.15, 0.2) is 5.13 Å². The number of rotatable bonds is 1. The van der Waals surface area contributed by atoms with E-state index in [1.165, 1.54) is 0 Å². The molecule has 3 nitrogen and oxygen atoms in total. The molecule has 1 rings (SSSR count). The third-order valence-corrected chi connectivity index (χ3v) is 1.74. The van der Waals surface area contributed by atoms with Crippen LogP contribution in [-0.4, -0.2) is 17.9 Å². The second-order valence-corrected chi connectivity index (χ2v) is 2.67. The fourth-order valence-electron chi connectivity index (χ4n) is 0.496. The maximum absolute atomic E-state index is 4.03. The highest BCUT2D eigenvalue weighted by Gasteiger charge is 1.92. The molecule has 0 aliphatic carbocycles. The van der Waals surface area contributed by atoms with Crippen LogP contribution in [0.2, 0.25) is 0 Å². The molecule has 0 radical (unpaired) electrons. The first-order chi connectivity index (χ1) is 4.83. The van der Waals surface area contributed by atoms with Crippen LogP contribution in [0, 0.1) is 0 Å². The Labute approximate surface area is 63.8 Å². The summed E-state index contributed by atoms with van der Waals surface area (Å²) in [7, 11) is 1.75. The van der Waals surface area contributed by atoms with Crippen LogP contribution in [0.1, 0.15) is 6.92 Å². The van der Waals surface area contributed by atoms with Gasteiger partial charge in [-0.3, -0.25) is 4.99 Å². The number of aromatic nitrogens is 1. The minimum absolute atomic E-state index is 0.884. The lowest BCUT2D eigenvalue weighted by molar-refractivity contribution is 1.36. The number of hydrogen-bond acceptors (Lipinski definition) is 3. The van der Waals surface area contributed by atoms with E-state index in [1.807, 2.05) is 12.3 Å². The zero-order valence-electron chi connectivity index (χ0n) is 5.96. The highest BCUT2D eigenvalue weighted by atomic mass is 32.1. The summed E-state index contributed by atoms with van der Waals surface area (Å²) in [5.41, 5.74) is 0. The summed E-state index contributed by atoms with van der Waals surface area (Å²) in [5.74, 6) is 0.884. The molecule has 0 aliphatic heterocycles. The maximum Gasteiger partial charge on any atom is 0.187 e. The molecule has 0 saturated carbocycles. The van der Waals surface area contributed by atoms with Crippen LogP contribution in [0.5, 0.6) is 0 Å². The Bertz CT molecular complexity index is 215. The minimum atomic E-state index is 0.884. The Hall–Kier alpha value is -0.900. The summed E-state index contributed by atoms with van der Waals surface area (Å²) >= 11 is 1.56. The molecule has 1 aromatic heterocycles. The van der Waals surface area contributed by atoms with Gasteiger partial charge in [-0.1, -0.05) is 0 Å². The average molecular weight is 155 g/mol. The van der Waals surface area contributed by atoms with Crippen LogP contribution < -0.4 is 5.32 Å². The lowest BCUT2D eigenvalue weighted by atomic mass is 10.7. The predicted octanol–water partition coefficient (Wildman–Crippen LogP) is 1.60. The molecule has 1 aromatic rings. The van der Waals surface area contributed by atoms with Gasteiger partial charge in [-0.2, -0.15) is 0 Å². The topological polar surface area (TPSA) is 37.3 Å². The molecule has 10 heavy (non-hydrogen) atoms. The number of aliphatic imine (C=N–C) groups is 1. The largest absolute Gasteiger partial charge is 0.320 e. The van der Waals surface area contributed by atoms with Crippen LogP contribution in [0.4, 0.5) is 5.13 Å². The first kappa shape index (κ1) is 7.21. The third kappa shape index (κ3) is 1.80. The Morgan fingerprint density at radius 3 is 3.10 bits per heavy atom. The van der Waals surface area contributed by atoms with Crippen molar-refractivity contribution in [3.05, 3.63) is 11.6 Å². The van der Waals surface area contributed by atoms with E-state index in [9.17, 15) is 0 Å². The number of thiazole rings is 1. The summed E-state index contributed by atoms with van der Waals surface area (Å²) in [4.78, 5) is 7.97. The van der Waals surface area contributed by atoms with Gasteiger partial charge in [-0.05, 0) is 6.92 Å². The van der Waals surface area contributed by atoms with Crippen molar-refractivity contribution in [1.29, 1.82) is 0 Å². The number of anilines is 1. The Morgan fingerprint density at radius 1 is 1.80 bits per heavy atom. The number of nitrogens with one attached hydrogen (secondary N) is 1. The standard InChI is InChI=1S/C6H9N3S/c1-5(7-2)9-6-8-3-4-10-6/h3-4H,1-2H3,(H,7,8,9). The third-order valence-electron chi connectivity index (χ3n) is 1.06. The fraction of sp³-hybridized carbons (Fsp3) is 0.333. The lowest BCUT2D eigenvalue weighted by Gasteiger charge is -1.97. The zero-order valence-corrected chi connectivity index (χ0v) is 6.77. The van der Waals surface area contributed by atoms with Gasteiger partial charge in [0.2, 0.25) is 0 Å². The predicted molar refractivity (Wildman–Crippen MR) is 44.8 cm³/mol. The van der Waals surface area contributed by atoms with Gasteiger partial charge in [0.1, 0.15) is 0 Å². The summed E-state index contributed by atoms with van der Waals surface area (Å²) in [5, 5.41) is 5.84. The van der Waals surface area contributed by atoms with Crippen molar-refractivity contribution in [2.45, 2.75) is 6.92 Å². The van der Waals surface area contributed by atoms with Crippen molar-refractivity contribution in [3.8, 4) is 0 Å². The molecule has 4 heteroatoms. The molecular formula is C6H9N3S. The lowest BCUT2D eigenvalue weighted by Crippen LogP contribution is -2.05. The maximum atomic E-state index is 4.03. The molecule has 0 fully saturated rings. The van der Waals surface area contributed by atoms with E-state index in [0.717, 1.165) is 11.0 Å². The Kier molecular flexibility index (Phi) is 2.39. The van der Waals surface area contributed by atoms with E-state index < -0.39 is 0 Å². The molecule has 0 unspecified atom stereocenters. The molecule has 1 heterocycles. The second kappa shape index (κ2) is 3.31. The molecule has 54 valence electrons. The van der Waals surface area contributed by atoms with Crippen molar-refractivity contribution in [1.82, 2.24) is 4.98 Å². The van der Waals surface area contributed by atoms with Gasteiger partial charge >= 0.3 is 0 Å². The van der Waals surface area contributed by atoms with E-state index in [2.05, 4.69) is 15.3 Å². The van der Waals surface area contributed by atoms with Gasteiger partial charge in [0.25, 0.3) is 0 Å². The SMILES string of the molecule is CN=C(C)Nc1nccs1. The van der Waals surface area contributed by atoms with E-state index in [1.54, 1.807) is 24.6 Å². The van der Waals surface area contributed by atoms with E-state index >= 15 is 0 Å². The average Bonchev–Trinajstić information content (AvgIpc) is 2.40. The molecule has 0 aliphatic rings. The van der Waals surface area contributed by atoms with Gasteiger partial charge in [-0.15, -0.1) is 11.3 Å². The van der Waals surface area contributed by atoms with Crippen molar-refractivity contribution in [3.63, 3.8) is 0 Å². The molecular weight excluding hydrogens is 146 g/mol. The van der Waals surface area contributed by atoms with Crippen LogP contribution in [0.15, 0.2) is 16.6 Å². The molecule has 0 atom stereocenters. The van der Waals surface area contributed by atoms with Crippen LogP contribution in [0.3, 0.4) is 0 Å². The van der Waals surface area contributed by atoms with Crippen molar-refractivity contribution in [2.75, 3.05) is 12.4 Å². The van der Waals surface area contributed by atoms with Gasteiger partial charge in [0, 0.05) is 18.6 Å². The first-order valence-electron chi connectivity index (χ1n) is 2.93. The van der Waals surface area contributed by atoms with Crippen molar-refractivity contribution in [2.24, 2.45) is 4.99 Å². The highest BCUT2D eigenvalue weighted by Crippen LogP contribution is 2.09. The molecule has 1 N–H and O–H groups in total. The number of hydrogen-bond donors (Lipinski definition) is 1. The normalized spacial score (nSPS) is 11.6. The molecule has 0 aromatic carbocycles. The van der Waals surface area contributed by atoms with Crippen LogP contribution in [-0.2, 0) is 0 Å². The summed E-state index contributed by atoms with van der Waals surface area (Å²) in [6, 6.07) is 0. The Morgan fingerprint density at radius 2 is 2.60 bits per heavy atom. The molecule has 0 spiro atoms. The Balaban J connectivity index is 2.56. The van der Waals surface area contributed by atoms with Crippen LogP contribution >= 0.6 is 11.3 Å². The summed E-state index contributed by atoms with van der Waals surface area (Å²) < 4.78 is 0. The van der Waals surface area contributed by atoms with Crippen molar-refractivity contribution >= 4 is 22.3 Å².